The molecular formula is C28H28F2N2O3. The SMILES string of the molecule is COC1C=CC=C2Oc3ncccc3C(=CCCC3CNCCC3(O)c3ccc(F)c(F)c3)C=C21. The Hall–Kier alpha value is -3.13. The number of ether oxygens (including phenoxy) is 2. The summed E-state index contributed by atoms with van der Waals surface area (Å²) < 4.78 is 39.2. The van der Waals surface area contributed by atoms with Gasteiger partial charge in [0, 0.05) is 36.9 Å². The molecule has 7 heteroatoms. The van der Waals surface area contributed by atoms with Crippen LogP contribution in [-0.4, -0.2) is 36.4 Å². The molecule has 1 aromatic heterocycles. The summed E-state index contributed by atoms with van der Waals surface area (Å²) in [6.07, 6.45) is 13.2. The van der Waals surface area contributed by atoms with Crippen molar-refractivity contribution in [2.75, 3.05) is 20.2 Å². The first-order valence-corrected chi connectivity index (χ1v) is 11.8. The molecule has 3 heterocycles. The molecule has 0 bridgehead atoms. The lowest BCUT2D eigenvalue weighted by Gasteiger charge is -2.41. The van der Waals surface area contributed by atoms with E-state index in [1.807, 2.05) is 30.4 Å². The minimum absolute atomic E-state index is 0.166. The zero-order valence-corrected chi connectivity index (χ0v) is 19.5. The van der Waals surface area contributed by atoms with Crippen molar-refractivity contribution in [2.24, 2.45) is 5.92 Å². The van der Waals surface area contributed by atoms with Gasteiger partial charge in [-0.05, 0) is 73.4 Å². The molecule has 5 nitrogen and oxygen atoms in total. The molecule has 0 radical (unpaired) electrons. The standard InChI is InChI=1S/C28H28F2N2O3/c1-34-25-8-3-9-26-22(25)15-18(21-7-4-13-32-27(21)35-26)5-2-6-20-17-31-14-12-28(20,33)19-10-11-23(29)24(30)16-19/h3-5,7-11,13,15-16,20,25,31,33H,2,6,12,14,17H2,1H3. The molecule has 182 valence electrons. The van der Waals surface area contributed by atoms with E-state index in [9.17, 15) is 13.9 Å². The molecule has 3 aliphatic rings. The zero-order valence-electron chi connectivity index (χ0n) is 19.5. The largest absolute Gasteiger partial charge is 0.438 e. The predicted octanol–water partition coefficient (Wildman–Crippen LogP) is 4.81. The van der Waals surface area contributed by atoms with Crippen LogP contribution in [-0.2, 0) is 10.3 Å². The molecule has 2 N–H and O–H groups in total. The molecule has 2 aromatic rings. The van der Waals surface area contributed by atoms with Crippen LogP contribution in [0.25, 0.3) is 5.57 Å². The van der Waals surface area contributed by atoms with Crippen LogP contribution in [0.2, 0.25) is 0 Å². The van der Waals surface area contributed by atoms with Crippen LogP contribution in [0.1, 0.15) is 30.4 Å². The molecule has 1 aromatic carbocycles. The summed E-state index contributed by atoms with van der Waals surface area (Å²) in [6.45, 7) is 1.20. The first-order valence-electron chi connectivity index (χ1n) is 11.8. The average molecular weight is 479 g/mol. The van der Waals surface area contributed by atoms with E-state index >= 15 is 0 Å². The van der Waals surface area contributed by atoms with Gasteiger partial charge in [-0.1, -0.05) is 24.3 Å². The van der Waals surface area contributed by atoms with Crippen molar-refractivity contribution in [3.63, 3.8) is 0 Å². The number of hydrogen-bond donors (Lipinski definition) is 2. The number of nitrogens with zero attached hydrogens (tertiary/aromatic N) is 1. The summed E-state index contributed by atoms with van der Waals surface area (Å²) in [7, 11) is 1.66. The van der Waals surface area contributed by atoms with E-state index in [1.54, 1.807) is 13.3 Å². The Bertz CT molecular complexity index is 1240. The second-order valence-electron chi connectivity index (χ2n) is 9.07. The van der Waals surface area contributed by atoms with Gasteiger partial charge < -0.3 is 19.9 Å². The number of aromatic nitrogens is 1. The molecule has 1 saturated heterocycles. The Morgan fingerprint density at radius 3 is 3.00 bits per heavy atom. The van der Waals surface area contributed by atoms with Gasteiger partial charge in [0.15, 0.2) is 11.6 Å². The number of allylic oxidation sites excluding steroid dienone is 5. The van der Waals surface area contributed by atoms with Gasteiger partial charge in [0.2, 0.25) is 5.88 Å². The van der Waals surface area contributed by atoms with Gasteiger partial charge in [-0.15, -0.1) is 0 Å². The van der Waals surface area contributed by atoms with Crippen LogP contribution in [0.3, 0.4) is 0 Å². The van der Waals surface area contributed by atoms with Gasteiger partial charge in [0.05, 0.1) is 5.60 Å². The highest BCUT2D eigenvalue weighted by Crippen LogP contribution is 2.40. The number of piperidine rings is 1. The third kappa shape index (κ3) is 4.59. The van der Waals surface area contributed by atoms with Gasteiger partial charge in [-0.3, -0.25) is 0 Å². The molecule has 1 fully saturated rings. The lowest BCUT2D eigenvalue weighted by molar-refractivity contribution is -0.0495. The number of hydrogen-bond acceptors (Lipinski definition) is 5. The summed E-state index contributed by atoms with van der Waals surface area (Å²) in [6, 6.07) is 7.53. The molecule has 3 atom stereocenters. The number of aliphatic hydroxyl groups is 1. The quantitative estimate of drug-likeness (QED) is 0.646. The van der Waals surface area contributed by atoms with Crippen molar-refractivity contribution in [3.8, 4) is 5.88 Å². The van der Waals surface area contributed by atoms with Gasteiger partial charge in [-0.2, -0.15) is 0 Å². The average Bonchev–Trinajstić information content (AvgIpc) is 3.03. The molecular weight excluding hydrogens is 450 g/mol. The Morgan fingerprint density at radius 2 is 2.17 bits per heavy atom. The second kappa shape index (κ2) is 9.85. The van der Waals surface area contributed by atoms with Crippen LogP contribution in [0.4, 0.5) is 8.78 Å². The number of halogens is 2. The van der Waals surface area contributed by atoms with E-state index < -0.39 is 17.2 Å². The maximum atomic E-state index is 13.9. The first kappa shape index (κ1) is 23.6. The highest BCUT2D eigenvalue weighted by molar-refractivity contribution is 5.80. The lowest BCUT2D eigenvalue weighted by atomic mass is 9.74. The third-order valence-electron chi connectivity index (χ3n) is 7.03. The number of benzene rings is 1. The Labute approximate surface area is 203 Å². The molecule has 3 unspecified atom stereocenters. The Balaban J connectivity index is 1.43. The number of rotatable bonds is 5. The fourth-order valence-corrected chi connectivity index (χ4v) is 5.10. The van der Waals surface area contributed by atoms with E-state index in [4.69, 9.17) is 9.47 Å². The molecule has 2 aliphatic heterocycles. The topological polar surface area (TPSA) is 63.6 Å². The van der Waals surface area contributed by atoms with Crippen LogP contribution in [0, 0.1) is 17.6 Å². The second-order valence-corrected chi connectivity index (χ2v) is 9.07. The van der Waals surface area contributed by atoms with E-state index in [2.05, 4.69) is 22.5 Å². The lowest BCUT2D eigenvalue weighted by Crippen LogP contribution is -2.48. The zero-order chi connectivity index (χ0) is 24.4. The van der Waals surface area contributed by atoms with Gasteiger partial charge in [0.1, 0.15) is 11.9 Å². The van der Waals surface area contributed by atoms with E-state index in [0.29, 0.717) is 49.6 Å². The number of methoxy groups -OCH3 is 1. The van der Waals surface area contributed by atoms with Crippen molar-refractivity contribution in [1.29, 1.82) is 0 Å². The Kier molecular flexibility index (Phi) is 6.65. The van der Waals surface area contributed by atoms with E-state index in [1.165, 1.54) is 6.07 Å². The van der Waals surface area contributed by atoms with Crippen molar-refractivity contribution < 1.29 is 23.4 Å². The fourth-order valence-electron chi connectivity index (χ4n) is 5.10. The van der Waals surface area contributed by atoms with Crippen molar-refractivity contribution in [1.82, 2.24) is 10.3 Å². The third-order valence-corrected chi connectivity index (χ3v) is 7.03. The summed E-state index contributed by atoms with van der Waals surface area (Å²) >= 11 is 0. The van der Waals surface area contributed by atoms with Crippen molar-refractivity contribution in [3.05, 3.63) is 101 Å². The van der Waals surface area contributed by atoms with Gasteiger partial charge >= 0.3 is 0 Å². The van der Waals surface area contributed by atoms with Crippen LogP contribution in [0.5, 0.6) is 5.88 Å². The van der Waals surface area contributed by atoms with Crippen molar-refractivity contribution in [2.45, 2.75) is 31.0 Å². The number of fused-ring (bicyclic) bond motifs is 2. The minimum atomic E-state index is -1.23. The van der Waals surface area contributed by atoms with Gasteiger partial charge in [-0.25, -0.2) is 13.8 Å². The normalized spacial score (nSPS) is 26.8. The summed E-state index contributed by atoms with van der Waals surface area (Å²) in [5.41, 5.74) is 1.94. The highest BCUT2D eigenvalue weighted by Gasteiger charge is 2.40. The predicted molar refractivity (Wildman–Crippen MR) is 129 cm³/mol. The van der Waals surface area contributed by atoms with E-state index in [0.717, 1.165) is 28.8 Å². The summed E-state index contributed by atoms with van der Waals surface area (Å²) in [5.74, 6) is -0.793. The highest BCUT2D eigenvalue weighted by atomic mass is 19.2. The van der Waals surface area contributed by atoms with E-state index in [-0.39, 0.29) is 12.0 Å². The molecule has 0 spiro atoms. The molecule has 35 heavy (non-hydrogen) atoms. The molecule has 0 amide bonds. The molecule has 0 saturated carbocycles. The van der Waals surface area contributed by atoms with Crippen LogP contribution < -0.4 is 10.1 Å². The number of pyridine rings is 1. The van der Waals surface area contributed by atoms with Crippen LogP contribution >= 0.6 is 0 Å². The summed E-state index contributed by atoms with van der Waals surface area (Å²) in [4.78, 5) is 4.43. The maximum Gasteiger partial charge on any atom is 0.227 e. The summed E-state index contributed by atoms with van der Waals surface area (Å²) in [5, 5.41) is 14.9. The monoisotopic (exact) mass is 478 g/mol. The molecule has 5 rings (SSSR count). The maximum absolute atomic E-state index is 13.9. The van der Waals surface area contributed by atoms with Crippen LogP contribution in [0.15, 0.2) is 78.2 Å². The smallest absolute Gasteiger partial charge is 0.227 e. The van der Waals surface area contributed by atoms with Gasteiger partial charge in [0.25, 0.3) is 0 Å². The van der Waals surface area contributed by atoms with Crippen molar-refractivity contribution >= 4 is 5.57 Å². The fraction of sp³-hybridized carbons (Fsp3) is 0.321. The number of nitrogens with one attached hydrogen (secondary N) is 1. The molecule has 1 aliphatic carbocycles. The first-order chi connectivity index (χ1) is 17.0. The Morgan fingerprint density at radius 1 is 1.29 bits per heavy atom. The minimum Gasteiger partial charge on any atom is -0.438 e.